The molecule has 1 aromatic rings. The van der Waals surface area contributed by atoms with Crippen LogP contribution < -0.4 is 0 Å². The summed E-state index contributed by atoms with van der Waals surface area (Å²) in [4.78, 5) is 14.3. The molecule has 17 heavy (non-hydrogen) atoms. The maximum atomic E-state index is 12.2. The van der Waals surface area contributed by atoms with Crippen LogP contribution in [0.1, 0.15) is 17.3 Å². The zero-order valence-electron chi connectivity index (χ0n) is 9.96. The molecule has 2 rings (SSSR count). The SMILES string of the molecule is CC(C(=O)c1ccccc1)N1CCOCC1.Cl. The Labute approximate surface area is 108 Å². The van der Waals surface area contributed by atoms with Gasteiger partial charge in [0.15, 0.2) is 5.78 Å². The Bertz CT molecular complexity index is 350. The summed E-state index contributed by atoms with van der Waals surface area (Å²) in [6, 6.07) is 9.43. The second kappa shape index (κ2) is 6.74. The molecule has 0 bridgehead atoms. The first kappa shape index (κ1) is 14.2. The van der Waals surface area contributed by atoms with E-state index in [1.54, 1.807) is 0 Å². The Morgan fingerprint density at radius 1 is 1.24 bits per heavy atom. The predicted molar refractivity (Wildman–Crippen MR) is 69.9 cm³/mol. The van der Waals surface area contributed by atoms with E-state index in [1.165, 1.54) is 0 Å². The van der Waals surface area contributed by atoms with Gasteiger partial charge in [0.2, 0.25) is 0 Å². The number of ether oxygens (including phenoxy) is 1. The molecule has 0 spiro atoms. The molecule has 0 aromatic heterocycles. The predicted octanol–water partition coefficient (Wildman–Crippen LogP) is 2.01. The molecule has 0 aliphatic carbocycles. The van der Waals surface area contributed by atoms with Gasteiger partial charge in [-0.15, -0.1) is 12.4 Å². The summed E-state index contributed by atoms with van der Waals surface area (Å²) >= 11 is 0. The molecule has 1 aliphatic rings. The summed E-state index contributed by atoms with van der Waals surface area (Å²) in [5.41, 5.74) is 0.793. The molecule has 0 N–H and O–H groups in total. The van der Waals surface area contributed by atoms with E-state index in [1.807, 2.05) is 37.3 Å². The van der Waals surface area contributed by atoms with Gasteiger partial charge in [-0.2, -0.15) is 0 Å². The quantitative estimate of drug-likeness (QED) is 0.774. The smallest absolute Gasteiger partial charge is 0.179 e. The summed E-state index contributed by atoms with van der Waals surface area (Å²) in [5, 5.41) is 0. The Balaban J connectivity index is 0.00000144. The molecule has 4 heteroatoms. The van der Waals surface area contributed by atoms with Crippen LogP contribution in [0, 0.1) is 0 Å². The lowest BCUT2D eigenvalue weighted by molar-refractivity contribution is 0.0208. The number of Topliss-reactive ketones (excluding diaryl/α,β-unsaturated/α-hetero) is 1. The summed E-state index contributed by atoms with van der Waals surface area (Å²) in [7, 11) is 0. The lowest BCUT2D eigenvalue weighted by atomic mass is 10.0. The van der Waals surface area contributed by atoms with E-state index in [9.17, 15) is 4.79 Å². The lowest BCUT2D eigenvalue weighted by Gasteiger charge is -2.31. The van der Waals surface area contributed by atoms with E-state index in [4.69, 9.17) is 4.74 Å². The van der Waals surface area contributed by atoms with Gasteiger partial charge >= 0.3 is 0 Å². The maximum absolute atomic E-state index is 12.2. The molecule has 0 radical (unpaired) electrons. The standard InChI is InChI=1S/C13H17NO2.ClH/c1-11(14-7-9-16-10-8-14)13(15)12-5-3-2-4-6-12;/h2-6,11H,7-10H2,1H3;1H. The van der Waals surface area contributed by atoms with Crippen LogP contribution in [0.3, 0.4) is 0 Å². The number of hydrogen-bond acceptors (Lipinski definition) is 3. The van der Waals surface area contributed by atoms with E-state index in [0.29, 0.717) is 0 Å². The van der Waals surface area contributed by atoms with Gasteiger partial charge in [-0.3, -0.25) is 9.69 Å². The molecule has 1 unspecified atom stereocenters. The van der Waals surface area contributed by atoms with E-state index < -0.39 is 0 Å². The summed E-state index contributed by atoms with van der Waals surface area (Å²) in [6.45, 7) is 5.12. The lowest BCUT2D eigenvalue weighted by Crippen LogP contribution is -2.45. The van der Waals surface area contributed by atoms with Crippen molar-refractivity contribution in [2.75, 3.05) is 26.3 Å². The zero-order valence-corrected chi connectivity index (χ0v) is 10.8. The van der Waals surface area contributed by atoms with Crippen molar-refractivity contribution in [1.82, 2.24) is 4.90 Å². The average molecular weight is 256 g/mol. The van der Waals surface area contributed by atoms with Crippen LogP contribution in [-0.2, 0) is 4.74 Å². The molecular weight excluding hydrogens is 238 g/mol. The molecule has 1 atom stereocenters. The molecule has 1 heterocycles. The minimum Gasteiger partial charge on any atom is -0.379 e. The third-order valence-electron chi connectivity index (χ3n) is 3.03. The van der Waals surface area contributed by atoms with Gasteiger partial charge < -0.3 is 4.74 Å². The Morgan fingerprint density at radius 3 is 2.41 bits per heavy atom. The zero-order chi connectivity index (χ0) is 11.4. The number of ketones is 1. The first-order valence-electron chi connectivity index (χ1n) is 5.70. The fourth-order valence-corrected chi connectivity index (χ4v) is 1.97. The number of halogens is 1. The minimum atomic E-state index is -0.0497. The highest BCUT2D eigenvalue weighted by atomic mass is 35.5. The number of nitrogens with zero attached hydrogens (tertiary/aromatic N) is 1. The van der Waals surface area contributed by atoms with Crippen LogP contribution in [0.2, 0.25) is 0 Å². The van der Waals surface area contributed by atoms with Crippen molar-refractivity contribution in [1.29, 1.82) is 0 Å². The highest BCUT2D eigenvalue weighted by Gasteiger charge is 2.23. The minimum absolute atomic E-state index is 0. The van der Waals surface area contributed by atoms with E-state index in [0.717, 1.165) is 31.9 Å². The van der Waals surface area contributed by atoms with Crippen LogP contribution in [-0.4, -0.2) is 43.0 Å². The number of rotatable bonds is 3. The molecule has 3 nitrogen and oxygen atoms in total. The summed E-state index contributed by atoms with van der Waals surface area (Å²) < 4.78 is 5.28. The third-order valence-corrected chi connectivity index (χ3v) is 3.03. The van der Waals surface area contributed by atoms with Crippen molar-refractivity contribution >= 4 is 18.2 Å². The van der Waals surface area contributed by atoms with Gasteiger partial charge in [0.1, 0.15) is 0 Å². The fraction of sp³-hybridized carbons (Fsp3) is 0.462. The fourth-order valence-electron chi connectivity index (χ4n) is 1.97. The first-order valence-corrected chi connectivity index (χ1v) is 5.70. The van der Waals surface area contributed by atoms with E-state index >= 15 is 0 Å². The van der Waals surface area contributed by atoms with Crippen molar-refractivity contribution in [2.24, 2.45) is 0 Å². The van der Waals surface area contributed by atoms with Crippen LogP contribution in [0.5, 0.6) is 0 Å². The average Bonchev–Trinajstić information content (AvgIpc) is 2.39. The van der Waals surface area contributed by atoms with Crippen LogP contribution >= 0.6 is 12.4 Å². The first-order chi connectivity index (χ1) is 7.79. The molecule has 0 amide bonds. The maximum Gasteiger partial charge on any atom is 0.179 e. The van der Waals surface area contributed by atoms with Crippen molar-refractivity contribution in [2.45, 2.75) is 13.0 Å². The van der Waals surface area contributed by atoms with Crippen molar-refractivity contribution in [3.05, 3.63) is 35.9 Å². The largest absolute Gasteiger partial charge is 0.379 e. The molecule has 1 aliphatic heterocycles. The van der Waals surface area contributed by atoms with Gasteiger partial charge in [-0.05, 0) is 6.92 Å². The van der Waals surface area contributed by atoms with Gasteiger partial charge in [0, 0.05) is 18.7 Å². The van der Waals surface area contributed by atoms with Gasteiger partial charge in [-0.1, -0.05) is 30.3 Å². The molecular formula is C13H18ClNO2. The number of carbonyl (C=O) groups excluding carboxylic acids is 1. The van der Waals surface area contributed by atoms with Gasteiger partial charge in [-0.25, -0.2) is 0 Å². The Hall–Kier alpha value is -0.900. The highest BCUT2D eigenvalue weighted by molar-refractivity contribution is 5.99. The molecule has 94 valence electrons. The normalized spacial score (nSPS) is 18.2. The van der Waals surface area contributed by atoms with E-state index in [2.05, 4.69) is 4.90 Å². The van der Waals surface area contributed by atoms with Gasteiger partial charge in [0.05, 0.1) is 19.3 Å². The number of benzene rings is 1. The van der Waals surface area contributed by atoms with Crippen molar-refractivity contribution in [3.63, 3.8) is 0 Å². The number of morpholine rings is 1. The van der Waals surface area contributed by atoms with Crippen LogP contribution in [0.15, 0.2) is 30.3 Å². The van der Waals surface area contributed by atoms with Crippen LogP contribution in [0.25, 0.3) is 0 Å². The number of hydrogen-bond donors (Lipinski definition) is 0. The van der Waals surface area contributed by atoms with Crippen LogP contribution in [0.4, 0.5) is 0 Å². The summed E-state index contributed by atoms with van der Waals surface area (Å²) in [5.74, 6) is 0.197. The third kappa shape index (κ3) is 3.53. The monoisotopic (exact) mass is 255 g/mol. The van der Waals surface area contributed by atoms with Crippen molar-refractivity contribution in [3.8, 4) is 0 Å². The second-order valence-electron chi connectivity index (χ2n) is 4.05. The Kier molecular flexibility index (Phi) is 5.62. The second-order valence-corrected chi connectivity index (χ2v) is 4.05. The Morgan fingerprint density at radius 2 is 1.82 bits per heavy atom. The van der Waals surface area contributed by atoms with E-state index in [-0.39, 0.29) is 24.2 Å². The highest BCUT2D eigenvalue weighted by Crippen LogP contribution is 2.10. The molecule has 1 fully saturated rings. The van der Waals surface area contributed by atoms with Gasteiger partial charge in [0.25, 0.3) is 0 Å². The summed E-state index contributed by atoms with van der Waals surface area (Å²) in [6.07, 6.45) is 0. The molecule has 1 aromatic carbocycles. The topological polar surface area (TPSA) is 29.5 Å². The van der Waals surface area contributed by atoms with Crippen molar-refractivity contribution < 1.29 is 9.53 Å². The molecule has 0 saturated carbocycles. The molecule has 1 saturated heterocycles. The number of carbonyl (C=O) groups is 1.